The molecule has 1 aromatic heterocycles. The molecule has 20 heavy (non-hydrogen) atoms. The molecule has 0 saturated heterocycles. The molecule has 0 saturated carbocycles. The average molecular weight is 274 g/mol. The Bertz CT molecular complexity index is 567. The Hall–Kier alpha value is -2.50. The van der Waals surface area contributed by atoms with E-state index in [9.17, 15) is 4.79 Å². The number of nitrogens with zero attached hydrogens (tertiary/aromatic N) is 2. The number of methoxy groups -OCH3 is 1. The number of carbonyl (C=O) groups is 1. The molecule has 2 rings (SSSR count). The van der Waals surface area contributed by atoms with Crippen LogP contribution in [0.3, 0.4) is 0 Å². The minimum absolute atomic E-state index is 0.193. The summed E-state index contributed by atoms with van der Waals surface area (Å²) in [6.45, 7) is 1.33. The highest BCUT2D eigenvalue weighted by Crippen LogP contribution is 2.24. The first-order valence-corrected chi connectivity index (χ1v) is 6.40. The maximum atomic E-state index is 12.0. The van der Waals surface area contributed by atoms with Gasteiger partial charge in [-0.3, -0.25) is 9.48 Å². The minimum Gasteiger partial charge on any atom is -0.495 e. The number of nitrogen functional groups attached to an aromatic ring is 1. The van der Waals surface area contributed by atoms with Crippen LogP contribution in [0.25, 0.3) is 0 Å². The second-order valence-electron chi connectivity index (χ2n) is 4.30. The topological polar surface area (TPSA) is 82.2 Å². The van der Waals surface area contributed by atoms with E-state index in [4.69, 9.17) is 10.5 Å². The average Bonchev–Trinajstić information content (AvgIpc) is 2.97. The van der Waals surface area contributed by atoms with Crippen LogP contribution in [-0.2, 0) is 6.54 Å². The highest BCUT2D eigenvalue weighted by molar-refractivity contribution is 6.00. The van der Waals surface area contributed by atoms with Gasteiger partial charge in [-0.15, -0.1) is 0 Å². The Kier molecular flexibility index (Phi) is 4.60. The molecular weight excluding hydrogens is 256 g/mol. The Morgan fingerprint density at radius 2 is 2.30 bits per heavy atom. The number of carbonyl (C=O) groups excluding carboxylic acids is 1. The predicted octanol–water partition coefficient (Wildman–Crippen LogP) is 1.29. The van der Waals surface area contributed by atoms with E-state index in [1.165, 1.54) is 7.11 Å². The van der Waals surface area contributed by atoms with E-state index in [-0.39, 0.29) is 5.91 Å². The summed E-state index contributed by atoms with van der Waals surface area (Å²) in [7, 11) is 1.53. The van der Waals surface area contributed by atoms with E-state index in [0.29, 0.717) is 23.5 Å². The zero-order valence-corrected chi connectivity index (χ0v) is 11.4. The van der Waals surface area contributed by atoms with Crippen LogP contribution < -0.4 is 15.8 Å². The lowest BCUT2D eigenvalue weighted by molar-refractivity contribution is 0.0953. The number of hydrogen-bond acceptors (Lipinski definition) is 4. The molecule has 0 aliphatic heterocycles. The molecule has 0 bridgehead atoms. The van der Waals surface area contributed by atoms with E-state index in [2.05, 4.69) is 10.4 Å². The number of nitrogens with two attached hydrogens (primary N) is 1. The Labute approximate surface area is 117 Å². The molecule has 0 spiro atoms. The maximum Gasteiger partial charge on any atom is 0.253 e. The number of aryl methyl sites for hydroxylation is 1. The third-order valence-electron chi connectivity index (χ3n) is 2.94. The van der Waals surface area contributed by atoms with Crippen molar-refractivity contribution in [3.63, 3.8) is 0 Å². The summed E-state index contributed by atoms with van der Waals surface area (Å²) in [5, 5.41) is 6.93. The number of nitrogens with one attached hydrogen (secondary N) is 1. The number of ether oxygens (including phenoxy) is 1. The standard InChI is InChI=1S/C14H18N4O2/c1-20-12-6-2-5-11(13(12)15)14(19)16-7-3-9-18-10-4-8-17-18/h2,4-6,8,10H,3,7,9,15H2,1H3,(H,16,19). The van der Waals surface area contributed by atoms with Gasteiger partial charge in [-0.05, 0) is 24.6 Å². The van der Waals surface area contributed by atoms with Gasteiger partial charge in [0.15, 0.2) is 0 Å². The van der Waals surface area contributed by atoms with Gasteiger partial charge < -0.3 is 15.8 Å². The van der Waals surface area contributed by atoms with Crippen LogP contribution in [0.15, 0.2) is 36.7 Å². The fraction of sp³-hybridized carbons (Fsp3) is 0.286. The summed E-state index contributed by atoms with van der Waals surface area (Å²) in [5.41, 5.74) is 6.67. The predicted molar refractivity (Wildman–Crippen MR) is 76.6 cm³/mol. The quantitative estimate of drug-likeness (QED) is 0.614. The highest BCUT2D eigenvalue weighted by atomic mass is 16.5. The fourth-order valence-corrected chi connectivity index (χ4v) is 1.89. The van der Waals surface area contributed by atoms with Gasteiger partial charge in [-0.25, -0.2) is 0 Å². The van der Waals surface area contributed by atoms with E-state index in [0.717, 1.165) is 13.0 Å². The third-order valence-corrected chi connectivity index (χ3v) is 2.94. The van der Waals surface area contributed by atoms with Crippen LogP contribution in [0.4, 0.5) is 5.69 Å². The zero-order valence-electron chi connectivity index (χ0n) is 11.4. The van der Waals surface area contributed by atoms with E-state index in [1.807, 2.05) is 16.9 Å². The summed E-state index contributed by atoms with van der Waals surface area (Å²) >= 11 is 0. The zero-order chi connectivity index (χ0) is 14.4. The Morgan fingerprint density at radius 3 is 3.00 bits per heavy atom. The van der Waals surface area contributed by atoms with Gasteiger partial charge >= 0.3 is 0 Å². The summed E-state index contributed by atoms with van der Waals surface area (Å²) < 4.78 is 6.92. The number of hydrogen-bond donors (Lipinski definition) is 2. The van der Waals surface area contributed by atoms with Crippen LogP contribution >= 0.6 is 0 Å². The summed E-state index contributed by atoms with van der Waals surface area (Å²) in [6, 6.07) is 7.02. The van der Waals surface area contributed by atoms with Crippen molar-refractivity contribution < 1.29 is 9.53 Å². The molecule has 1 amide bonds. The molecule has 0 atom stereocenters. The Balaban J connectivity index is 1.86. The molecule has 0 radical (unpaired) electrons. The van der Waals surface area contributed by atoms with E-state index in [1.54, 1.807) is 24.4 Å². The van der Waals surface area contributed by atoms with Gasteiger partial charge in [0.1, 0.15) is 5.75 Å². The number of para-hydroxylation sites is 1. The SMILES string of the molecule is COc1cccc(C(=O)NCCCn2cccn2)c1N. The van der Waals surface area contributed by atoms with Crippen LogP contribution in [0.5, 0.6) is 5.75 Å². The van der Waals surface area contributed by atoms with Crippen molar-refractivity contribution in [2.24, 2.45) is 0 Å². The fourth-order valence-electron chi connectivity index (χ4n) is 1.89. The van der Waals surface area contributed by atoms with Gasteiger partial charge in [-0.1, -0.05) is 6.07 Å². The van der Waals surface area contributed by atoms with Gasteiger partial charge in [0.05, 0.1) is 18.4 Å². The van der Waals surface area contributed by atoms with Crippen molar-refractivity contribution >= 4 is 11.6 Å². The van der Waals surface area contributed by atoms with Crippen molar-refractivity contribution in [1.82, 2.24) is 15.1 Å². The molecule has 2 aromatic rings. The molecule has 106 valence electrons. The minimum atomic E-state index is -0.193. The summed E-state index contributed by atoms with van der Waals surface area (Å²) in [5.74, 6) is 0.316. The summed E-state index contributed by atoms with van der Waals surface area (Å²) in [6.07, 6.45) is 4.43. The van der Waals surface area contributed by atoms with Crippen molar-refractivity contribution in [1.29, 1.82) is 0 Å². The van der Waals surface area contributed by atoms with Crippen LogP contribution in [0, 0.1) is 0 Å². The van der Waals surface area contributed by atoms with Crippen molar-refractivity contribution in [3.8, 4) is 5.75 Å². The Morgan fingerprint density at radius 1 is 1.45 bits per heavy atom. The lowest BCUT2D eigenvalue weighted by Crippen LogP contribution is -2.26. The molecule has 3 N–H and O–H groups in total. The summed E-state index contributed by atoms with van der Waals surface area (Å²) in [4.78, 5) is 12.0. The van der Waals surface area contributed by atoms with E-state index < -0.39 is 0 Å². The van der Waals surface area contributed by atoms with Gasteiger partial charge in [0, 0.05) is 25.5 Å². The largest absolute Gasteiger partial charge is 0.495 e. The molecule has 0 unspecified atom stereocenters. The van der Waals surface area contributed by atoms with Gasteiger partial charge in [-0.2, -0.15) is 5.10 Å². The molecule has 1 aromatic carbocycles. The van der Waals surface area contributed by atoms with Crippen molar-refractivity contribution in [3.05, 3.63) is 42.2 Å². The second kappa shape index (κ2) is 6.60. The third kappa shape index (κ3) is 3.28. The van der Waals surface area contributed by atoms with Gasteiger partial charge in [0.2, 0.25) is 0 Å². The molecule has 0 aliphatic rings. The number of anilines is 1. The first kappa shape index (κ1) is 13.9. The van der Waals surface area contributed by atoms with Gasteiger partial charge in [0.25, 0.3) is 5.91 Å². The second-order valence-corrected chi connectivity index (χ2v) is 4.30. The number of benzene rings is 1. The highest BCUT2D eigenvalue weighted by Gasteiger charge is 2.12. The smallest absolute Gasteiger partial charge is 0.253 e. The van der Waals surface area contributed by atoms with Crippen LogP contribution in [-0.4, -0.2) is 29.3 Å². The molecule has 6 nitrogen and oxygen atoms in total. The maximum absolute atomic E-state index is 12.0. The molecular formula is C14H18N4O2. The first-order chi connectivity index (χ1) is 9.72. The van der Waals surface area contributed by atoms with Crippen LogP contribution in [0.1, 0.15) is 16.8 Å². The normalized spacial score (nSPS) is 10.2. The number of rotatable bonds is 6. The van der Waals surface area contributed by atoms with E-state index >= 15 is 0 Å². The first-order valence-electron chi connectivity index (χ1n) is 6.40. The van der Waals surface area contributed by atoms with Crippen LogP contribution in [0.2, 0.25) is 0 Å². The molecule has 0 fully saturated rings. The lowest BCUT2D eigenvalue weighted by Gasteiger charge is -2.10. The van der Waals surface area contributed by atoms with Crippen molar-refractivity contribution in [2.45, 2.75) is 13.0 Å². The number of aromatic nitrogens is 2. The molecule has 0 aliphatic carbocycles. The number of amides is 1. The lowest BCUT2D eigenvalue weighted by atomic mass is 10.1. The molecule has 6 heteroatoms. The monoisotopic (exact) mass is 274 g/mol. The molecule has 1 heterocycles. The van der Waals surface area contributed by atoms with Crippen molar-refractivity contribution in [2.75, 3.05) is 19.4 Å².